The molecule has 0 spiro atoms. The Labute approximate surface area is 121 Å². The normalized spacial score (nSPS) is 38.1. The maximum Gasteiger partial charge on any atom is 0.253 e. The van der Waals surface area contributed by atoms with E-state index in [1.54, 1.807) is 0 Å². The Balaban J connectivity index is 1.50. The lowest BCUT2D eigenvalue weighted by Crippen LogP contribution is -2.30. The number of hydrogen-bond donors (Lipinski definition) is 1. The summed E-state index contributed by atoms with van der Waals surface area (Å²) in [6.07, 6.45) is 5.50. The zero-order valence-corrected chi connectivity index (χ0v) is 11.8. The Morgan fingerprint density at radius 1 is 1.26 bits per heavy atom. The summed E-state index contributed by atoms with van der Waals surface area (Å²) >= 11 is 11.8. The third kappa shape index (κ3) is 1.78. The molecule has 0 aromatic carbocycles. The smallest absolute Gasteiger partial charge is 0.253 e. The largest absolute Gasteiger partial charge is 0.349 e. The van der Waals surface area contributed by atoms with Crippen molar-refractivity contribution in [1.29, 1.82) is 0 Å². The van der Waals surface area contributed by atoms with E-state index in [2.05, 4.69) is 10.3 Å². The van der Waals surface area contributed by atoms with E-state index in [0.29, 0.717) is 21.8 Å². The van der Waals surface area contributed by atoms with Crippen LogP contribution in [0.3, 0.4) is 0 Å². The number of pyridine rings is 1. The van der Waals surface area contributed by atoms with Crippen molar-refractivity contribution in [3.05, 3.63) is 28.0 Å². The number of amides is 1. The Bertz CT molecular complexity index is 546. The second kappa shape index (κ2) is 4.10. The van der Waals surface area contributed by atoms with E-state index in [0.717, 1.165) is 23.7 Å². The van der Waals surface area contributed by atoms with E-state index in [-0.39, 0.29) is 5.91 Å². The first kappa shape index (κ1) is 12.0. The highest BCUT2D eigenvalue weighted by Crippen LogP contribution is 2.65. The highest BCUT2D eigenvalue weighted by molar-refractivity contribution is 6.35. The number of hydrogen-bond acceptors (Lipinski definition) is 2. The van der Waals surface area contributed by atoms with E-state index in [1.165, 1.54) is 31.5 Å². The van der Waals surface area contributed by atoms with Crippen LogP contribution in [0, 0.1) is 23.7 Å². The predicted octanol–water partition coefficient (Wildman–Crippen LogP) is 3.16. The first-order valence-electron chi connectivity index (χ1n) is 6.77. The van der Waals surface area contributed by atoms with Gasteiger partial charge in [-0.15, -0.1) is 0 Å². The zero-order valence-electron chi connectivity index (χ0n) is 10.3. The molecule has 1 aromatic heterocycles. The molecule has 3 fully saturated rings. The quantitative estimate of drug-likeness (QED) is 0.852. The summed E-state index contributed by atoms with van der Waals surface area (Å²) in [6.45, 7) is 0. The van der Waals surface area contributed by atoms with Gasteiger partial charge in [0.15, 0.2) is 0 Å². The molecule has 3 aliphatic carbocycles. The molecule has 2 bridgehead atoms. The molecule has 1 N–H and O–H groups in total. The summed E-state index contributed by atoms with van der Waals surface area (Å²) in [4.78, 5) is 16.1. The summed E-state index contributed by atoms with van der Waals surface area (Å²) in [5.74, 6) is 3.01. The van der Waals surface area contributed by atoms with Gasteiger partial charge in [-0.1, -0.05) is 23.2 Å². The van der Waals surface area contributed by atoms with Gasteiger partial charge in [0, 0.05) is 12.2 Å². The number of halogens is 2. The predicted molar refractivity (Wildman–Crippen MR) is 73.3 cm³/mol. The van der Waals surface area contributed by atoms with Gasteiger partial charge >= 0.3 is 0 Å². The fraction of sp³-hybridized carbons (Fsp3) is 0.571. The molecule has 5 heteroatoms. The molecule has 4 rings (SSSR count). The van der Waals surface area contributed by atoms with Crippen LogP contribution in [0.5, 0.6) is 0 Å². The monoisotopic (exact) mass is 296 g/mol. The average Bonchev–Trinajstić information content (AvgIpc) is 2.80. The van der Waals surface area contributed by atoms with Crippen LogP contribution in [0.15, 0.2) is 12.3 Å². The minimum atomic E-state index is -0.117. The van der Waals surface area contributed by atoms with Gasteiger partial charge in [-0.25, -0.2) is 4.98 Å². The molecule has 1 heterocycles. The van der Waals surface area contributed by atoms with E-state index in [9.17, 15) is 4.79 Å². The summed E-state index contributed by atoms with van der Waals surface area (Å²) < 4.78 is 0. The molecule has 4 unspecified atom stereocenters. The van der Waals surface area contributed by atoms with Crippen molar-refractivity contribution in [3.63, 3.8) is 0 Å². The summed E-state index contributed by atoms with van der Waals surface area (Å²) in [5.41, 5.74) is 0.430. The molecule has 100 valence electrons. The summed E-state index contributed by atoms with van der Waals surface area (Å²) in [6, 6.07) is 1.90. The molecule has 3 nitrogen and oxygen atoms in total. The Morgan fingerprint density at radius 2 is 1.95 bits per heavy atom. The van der Waals surface area contributed by atoms with Crippen LogP contribution in [0.25, 0.3) is 0 Å². The Hall–Kier alpha value is -0.800. The van der Waals surface area contributed by atoms with Crippen LogP contribution < -0.4 is 5.32 Å². The summed E-state index contributed by atoms with van der Waals surface area (Å²) in [7, 11) is 0. The second-order valence-electron chi connectivity index (χ2n) is 5.97. The number of carbonyl (C=O) groups excluding carboxylic acids is 1. The van der Waals surface area contributed by atoms with E-state index in [1.807, 2.05) is 0 Å². The highest BCUT2D eigenvalue weighted by atomic mass is 35.5. The van der Waals surface area contributed by atoms with Gasteiger partial charge in [-0.3, -0.25) is 4.79 Å². The average molecular weight is 297 g/mol. The van der Waals surface area contributed by atoms with Gasteiger partial charge in [-0.05, 0) is 49.0 Å². The molecular weight excluding hydrogens is 283 g/mol. The van der Waals surface area contributed by atoms with E-state index in [4.69, 9.17) is 23.2 Å². The molecular formula is C14H14Cl2N2O. The van der Waals surface area contributed by atoms with Gasteiger partial charge in [0.05, 0.1) is 10.6 Å². The van der Waals surface area contributed by atoms with Crippen LogP contribution in [0.4, 0.5) is 0 Å². The molecule has 0 radical (unpaired) electrons. The van der Waals surface area contributed by atoms with Crippen LogP contribution in [-0.2, 0) is 0 Å². The lowest BCUT2D eigenvalue weighted by atomic mass is 10.0. The number of fused-ring (bicyclic) bond motifs is 5. The molecule has 0 saturated heterocycles. The topological polar surface area (TPSA) is 42.0 Å². The molecule has 1 aromatic rings. The van der Waals surface area contributed by atoms with Gasteiger partial charge in [0.2, 0.25) is 0 Å². The number of nitrogens with one attached hydrogen (secondary N) is 1. The van der Waals surface area contributed by atoms with E-state index < -0.39 is 0 Å². The SMILES string of the molecule is O=C(NC1C2C3CCC(C3)C12)c1cc(Cl)ncc1Cl. The van der Waals surface area contributed by atoms with Crippen molar-refractivity contribution in [2.24, 2.45) is 23.7 Å². The van der Waals surface area contributed by atoms with Gasteiger partial charge in [0.1, 0.15) is 5.15 Å². The second-order valence-corrected chi connectivity index (χ2v) is 6.77. The van der Waals surface area contributed by atoms with Crippen LogP contribution in [0.2, 0.25) is 10.2 Å². The standard InChI is InChI=1S/C14H14Cl2N2O/c15-9-5-17-10(16)4-8(9)14(19)18-13-11-6-1-2-7(3-6)12(11)13/h4-7,11-13H,1-3H2,(H,18,19). The molecule has 19 heavy (non-hydrogen) atoms. The molecule has 3 aliphatic rings. The van der Waals surface area contributed by atoms with Crippen LogP contribution >= 0.6 is 23.2 Å². The lowest BCUT2D eigenvalue weighted by molar-refractivity contribution is 0.0944. The van der Waals surface area contributed by atoms with Gasteiger partial charge in [-0.2, -0.15) is 0 Å². The summed E-state index contributed by atoms with van der Waals surface area (Å²) in [5, 5.41) is 3.79. The minimum Gasteiger partial charge on any atom is -0.349 e. The van der Waals surface area contributed by atoms with Crippen molar-refractivity contribution in [1.82, 2.24) is 10.3 Å². The molecule has 3 saturated carbocycles. The lowest BCUT2D eigenvalue weighted by Gasteiger charge is -2.11. The van der Waals surface area contributed by atoms with E-state index >= 15 is 0 Å². The van der Waals surface area contributed by atoms with Crippen molar-refractivity contribution in [3.8, 4) is 0 Å². The van der Waals surface area contributed by atoms with Crippen LogP contribution in [0.1, 0.15) is 29.6 Å². The number of carbonyl (C=O) groups is 1. The fourth-order valence-electron chi connectivity index (χ4n) is 4.33. The third-order valence-electron chi connectivity index (χ3n) is 5.10. The number of aromatic nitrogens is 1. The molecule has 0 aliphatic heterocycles. The van der Waals surface area contributed by atoms with Crippen molar-refractivity contribution < 1.29 is 4.79 Å². The molecule has 4 atom stereocenters. The van der Waals surface area contributed by atoms with Crippen molar-refractivity contribution in [2.45, 2.75) is 25.3 Å². The van der Waals surface area contributed by atoms with Gasteiger partial charge in [0.25, 0.3) is 5.91 Å². The highest BCUT2D eigenvalue weighted by Gasteiger charge is 2.65. The first-order valence-corrected chi connectivity index (χ1v) is 7.52. The van der Waals surface area contributed by atoms with Gasteiger partial charge < -0.3 is 5.32 Å². The first-order chi connectivity index (χ1) is 9.15. The Morgan fingerprint density at radius 3 is 2.63 bits per heavy atom. The van der Waals surface area contributed by atoms with Crippen LogP contribution in [-0.4, -0.2) is 16.9 Å². The maximum absolute atomic E-state index is 12.3. The number of rotatable bonds is 2. The zero-order chi connectivity index (χ0) is 13.1. The maximum atomic E-state index is 12.3. The van der Waals surface area contributed by atoms with Crippen molar-refractivity contribution in [2.75, 3.05) is 0 Å². The van der Waals surface area contributed by atoms with Crippen molar-refractivity contribution >= 4 is 29.1 Å². The minimum absolute atomic E-state index is 0.117. The third-order valence-corrected chi connectivity index (χ3v) is 5.61. The Kier molecular flexibility index (Phi) is 2.58. The molecule has 1 amide bonds. The number of nitrogens with zero attached hydrogens (tertiary/aromatic N) is 1. The fourth-order valence-corrected chi connectivity index (χ4v) is 4.68.